The van der Waals surface area contributed by atoms with Crippen LogP contribution in [0.25, 0.3) is 0 Å². The van der Waals surface area contributed by atoms with E-state index < -0.39 is 12.0 Å². The summed E-state index contributed by atoms with van der Waals surface area (Å²) in [6, 6.07) is 18.0. The van der Waals surface area contributed by atoms with E-state index in [0.717, 1.165) is 11.1 Å². The number of benzene rings is 2. The molecule has 3 N–H and O–H groups in total. The van der Waals surface area contributed by atoms with Crippen molar-refractivity contribution in [3.05, 3.63) is 71.8 Å². The van der Waals surface area contributed by atoms with Crippen molar-refractivity contribution in [1.29, 1.82) is 0 Å². The van der Waals surface area contributed by atoms with E-state index in [1.807, 2.05) is 67.6 Å². The van der Waals surface area contributed by atoms with Crippen molar-refractivity contribution in [3.63, 3.8) is 0 Å². The Morgan fingerprint density at radius 1 is 1.04 bits per heavy atom. The van der Waals surface area contributed by atoms with Crippen LogP contribution in [-0.2, 0) is 16.1 Å². The number of carboxylic acids is 1. The number of carbonyl (C=O) groups is 2. The minimum Gasteiger partial charge on any atom is -0.544 e. The van der Waals surface area contributed by atoms with Gasteiger partial charge in [0.25, 0.3) is 0 Å². The van der Waals surface area contributed by atoms with Gasteiger partial charge in [0.1, 0.15) is 12.6 Å². The molecule has 0 aliphatic rings. The third-order valence-electron chi connectivity index (χ3n) is 3.87. The van der Waals surface area contributed by atoms with Crippen LogP contribution in [0.1, 0.15) is 30.5 Å². The van der Waals surface area contributed by atoms with E-state index >= 15 is 0 Å². The van der Waals surface area contributed by atoms with Gasteiger partial charge in [0.05, 0.1) is 18.4 Å². The summed E-state index contributed by atoms with van der Waals surface area (Å²) < 4.78 is 0. The number of hydrogen-bond acceptors (Lipinski definition) is 3. The SMILES string of the molecule is C[C@@H](NC(=O)C[C@H]([NH2+]Cc1ccccc1)C(=O)[O-])c1ccccc1. The molecule has 2 atom stereocenters. The number of nitrogens with two attached hydrogens (primary N) is 1. The quantitative estimate of drug-likeness (QED) is 0.723. The zero-order valence-electron chi connectivity index (χ0n) is 13.6. The molecule has 2 aromatic rings. The Balaban J connectivity index is 1.87. The second-order valence-electron chi connectivity index (χ2n) is 5.75. The molecule has 126 valence electrons. The summed E-state index contributed by atoms with van der Waals surface area (Å²) in [6.45, 7) is 2.36. The van der Waals surface area contributed by atoms with E-state index in [9.17, 15) is 14.7 Å². The molecule has 5 heteroatoms. The van der Waals surface area contributed by atoms with Gasteiger partial charge in [0.2, 0.25) is 5.91 Å². The molecule has 0 heterocycles. The molecule has 2 aromatic carbocycles. The van der Waals surface area contributed by atoms with Gasteiger partial charge < -0.3 is 20.5 Å². The number of carboxylic acid groups (broad SMARTS) is 1. The van der Waals surface area contributed by atoms with Crippen molar-refractivity contribution >= 4 is 11.9 Å². The fourth-order valence-corrected chi connectivity index (χ4v) is 2.48. The van der Waals surface area contributed by atoms with Crippen molar-refractivity contribution in [2.24, 2.45) is 0 Å². The van der Waals surface area contributed by atoms with Crippen LogP contribution in [0.5, 0.6) is 0 Å². The first kappa shape index (κ1) is 17.7. The summed E-state index contributed by atoms with van der Waals surface area (Å²) >= 11 is 0. The molecule has 0 aliphatic carbocycles. The van der Waals surface area contributed by atoms with Crippen LogP contribution in [0.4, 0.5) is 0 Å². The van der Waals surface area contributed by atoms with Gasteiger partial charge in [-0.05, 0) is 12.5 Å². The van der Waals surface area contributed by atoms with Crippen LogP contribution in [0.3, 0.4) is 0 Å². The molecule has 0 aromatic heterocycles. The lowest BCUT2D eigenvalue weighted by Gasteiger charge is -2.19. The first-order chi connectivity index (χ1) is 11.6. The third kappa shape index (κ3) is 5.52. The number of hydrogen-bond donors (Lipinski definition) is 2. The molecule has 0 saturated heterocycles. The van der Waals surface area contributed by atoms with Crippen molar-refractivity contribution < 1.29 is 20.0 Å². The third-order valence-corrected chi connectivity index (χ3v) is 3.87. The van der Waals surface area contributed by atoms with E-state index in [1.54, 1.807) is 5.32 Å². The van der Waals surface area contributed by atoms with Crippen molar-refractivity contribution in [1.82, 2.24) is 5.32 Å². The Kier molecular flexibility index (Phi) is 6.51. The van der Waals surface area contributed by atoms with Crippen molar-refractivity contribution in [3.8, 4) is 0 Å². The first-order valence-electron chi connectivity index (χ1n) is 7.98. The number of aliphatic carboxylic acids is 1. The van der Waals surface area contributed by atoms with Crippen molar-refractivity contribution in [2.45, 2.75) is 32.0 Å². The van der Waals surface area contributed by atoms with Gasteiger partial charge in [0.15, 0.2) is 0 Å². The lowest BCUT2D eigenvalue weighted by atomic mass is 10.1. The van der Waals surface area contributed by atoms with Crippen LogP contribution in [-0.4, -0.2) is 17.9 Å². The monoisotopic (exact) mass is 326 g/mol. The number of quaternary nitrogens is 1. The fraction of sp³-hybridized carbons (Fsp3) is 0.263. The Morgan fingerprint density at radius 2 is 1.62 bits per heavy atom. The van der Waals surface area contributed by atoms with E-state index in [4.69, 9.17) is 0 Å². The highest BCUT2D eigenvalue weighted by molar-refractivity contribution is 5.82. The molecule has 0 saturated carbocycles. The summed E-state index contributed by atoms with van der Waals surface area (Å²) in [7, 11) is 0. The maximum absolute atomic E-state index is 12.1. The van der Waals surface area contributed by atoms with E-state index in [2.05, 4.69) is 5.32 Å². The van der Waals surface area contributed by atoms with Gasteiger partial charge in [-0.2, -0.15) is 0 Å². The maximum atomic E-state index is 12.1. The maximum Gasteiger partial charge on any atom is 0.226 e. The molecular weight excluding hydrogens is 304 g/mol. The zero-order chi connectivity index (χ0) is 17.4. The first-order valence-corrected chi connectivity index (χ1v) is 7.98. The number of nitrogens with one attached hydrogen (secondary N) is 1. The molecule has 5 nitrogen and oxygen atoms in total. The number of rotatable bonds is 8. The summed E-state index contributed by atoms with van der Waals surface area (Å²) in [6.07, 6.45) is -0.119. The molecule has 24 heavy (non-hydrogen) atoms. The second-order valence-corrected chi connectivity index (χ2v) is 5.75. The fourth-order valence-electron chi connectivity index (χ4n) is 2.48. The number of amides is 1. The molecule has 0 unspecified atom stereocenters. The standard InChI is InChI=1S/C19H22N2O3/c1-14(16-10-6-3-7-11-16)21-18(22)12-17(19(23)24)20-13-15-8-4-2-5-9-15/h2-11,14,17,20H,12-13H2,1H3,(H,21,22)(H,23,24)/t14-,17+/m1/s1. The molecule has 0 bridgehead atoms. The smallest absolute Gasteiger partial charge is 0.226 e. The lowest BCUT2D eigenvalue weighted by Crippen LogP contribution is -2.92. The van der Waals surface area contributed by atoms with Crippen LogP contribution in [0, 0.1) is 0 Å². The lowest BCUT2D eigenvalue weighted by molar-refractivity contribution is -0.697. The van der Waals surface area contributed by atoms with Gasteiger partial charge in [-0.1, -0.05) is 60.7 Å². The molecule has 0 spiro atoms. The molecule has 1 amide bonds. The number of carbonyl (C=O) groups excluding carboxylic acids is 2. The summed E-state index contributed by atoms with van der Waals surface area (Å²) in [5, 5.41) is 15.7. The molecular formula is C19H22N2O3. The van der Waals surface area contributed by atoms with E-state index in [0.29, 0.717) is 6.54 Å². The van der Waals surface area contributed by atoms with Gasteiger partial charge in [-0.3, -0.25) is 4.79 Å². The van der Waals surface area contributed by atoms with E-state index in [-0.39, 0.29) is 18.4 Å². The van der Waals surface area contributed by atoms with Gasteiger partial charge in [0, 0.05) is 5.56 Å². The Labute approximate surface area is 141 Å². The van der Waals surface area contributed by atoms with Crippen LogP contribution < -0.4 is 15.7 Å². The average Bonchev–Trinajstić information content (AvgIpc) is 2.60. The summed E-state index contributed by atoms with van der Waals surface area (Å²) in [5.74, 6) is -1.53. The van der Waals surface area contributed by atoms with Crippen LogP contribution >= 0.6 is 0 Å². The van der Waals surface area contributed by atoms with Gasteiger partial charge in [-0.15, -0.1) is 0 Å². The largest absolute Gasteiger partial charge is 0.544 e. The van der Waals surface area contributed by atoms with E-state index in [1.165, 1.54) is 0 Å². The molecule has 2 rings (SSSR count). The molecule has 0 fully saturated rings. The Morgan fingerprint density at radius 3 is 2.21 bits per heavy atom. The highest BCUT2D eigenvalue weighted by Gasteiger charge is 2.19. The molecule has 0 radical (unpaired) electrons. The minimum atomic E-state index is -1.23. The van der Waals surface area contributed by atoms with Crippen LogP contribution in [0.2, 0.25) is 0 Å². The summed E-state index contributed by atoms with van der Waals surface area (Å²) in [5.41, 5.74) is 1.98. The highest BCUT2D eigenvalue weighted by atomic mass is 16.4. The zero-order valence-corrected chi connectivity index (χ0v) is 13.6. The highest BCUT2D eigenvalue weighted by Crippen LogP contribution is 2.11. The normalized spacial score (nSPS) is 13.0. The van der Waals surface area contributed by atoms with Crippen LogP contribution in [0.15, 0.2) is 60.7 Å². The topological polar surface area (TPSA) is 85.8 Å². The summed E-state index contributed by atoms with van der Waals surface area (Å²) in [4.78, 5) is 23.4. The minimum absolute atomic E-state index is 0.119. The predicted molar refractivity (Wildman–Crippen MR) is 88.5 cm³/mol. The Bertz CT molecular complexity index is 659. The van der Waals surface area contributed by atoms with Gasteiger partial charge >= 0.3 is 0 Å². The predicted octanol–water partition coefficient (Wildman–Crippen LogP) is 0.136. The van der Waals surface area contributed by atoms with Crippen molar-refractivity contribution in [2.75, 3.05) is 0 Å². The average molecular weight is 326 g/mol. The molecule has 0 aliphatic heterocycles. The Hall–Kier alpha value is -2.66. The second kappa shape index (κ2) is 8.84. The van der Waals surface area contributed by atoms with Gasteiger partial charge in [-0.25, -0.2) is 0 Å².